The molecular weight excluding hydrogens is 204 g/mol. The Kier molecular flexibility index (Phi) is 3.13. The van der Waals surface area contributed by atoms with Gasteiger partial charge in [-0.15, -0.1) is 0 Å². The van der Waals surface area contributed by atoms with Gasteiger partial charge in [-0.1, -0.05) is 11.6 Å². The Balaban J connectivity index is 2.91. The van der Waals surface area contributed by atoms with Gasteiger partial charge < -0.3 is 4.74 Å². The molecule has 1 aromatic rings. The van der Waals surface area contributed by atoms with Crippen molar-refractivity contribution in [3.63, 3.8) is 0 Å². The van der Waals surface area contributed by atoms with Crippen LogP contribution in [0, 0.1) is 0 Å². The van der Waals surface area contributed by atoms with Gasteiger partial charge in [-0.05, 0) is 6.07 Å². The molecule has 0 aromatic carbocycles. The lowest BCUT2D eigenvalue weighted by Crippen LogP contribution is -2.03. The van der Waals surface area contributed by atoms with E-state index in [2.05, 4.69) is 9.72 Å². The maximum atomic E-state index is 11.7. The molecule has 13 heavy (non-hydrogen) atoms. The number of pyridine rings is 1. The molecule has 0 radical (unpaired) electrons. The SMILES string of the molecule is O=Cc1cc(Cl)c(OC(F)F)cn1. The molecular formula is C7H4ClF2NO2. The summed E-state index contributed by atoms with van der Waals surface area (Å²) in [5, 5.41) is -0.0719. The van der Waals surface area contributed by atoms with Crippen molar-refractivity contribution in [2.24, 2.45) is 0 Å². The zero-order valence-corrected chi connectivity index (χ0v) is 6.96. The minimum absolute atomic E-state index is 0.0617. The number of alkyl halides is 2. The number of rotatable bonds is 3. The first kappa shape index (κ1) is 9.85. The Morgan fingerprint density at radius 3 is 2.77 bits per heavy atom. The van der Waals surface area contributed by atoms with Crippen LogP contribution in [0.5, 0.6) is 5.75 Å². The van der Waals surface area contributed by atoms with Crippen LogP contribution in [0.2, 0.25) is 5.02 Å². The summed E-state index contributed by atoms with van der Waals surface area (Å²) in [7, 11) is 0. The first-order valence-corrected chi connectivity index (χ1v) is 3.57. The Hall–Kier alpha value is -1.23. The highest BCUT2D eigenvalue weighted by Gasteiger charge is 2.09. The van der Waals surface area contributed by atoms with Gasteiger partial charge in [-0.3, -0.25) is 4.79 Å². The van der Waals surface area contributed by atoms with Crippen LogP contribution in [0.25, 0.3) is 0 Å². The fourth-order valence-corrected chi connectivity index (χ4v) is 0.885. The van der Waals surface area contributed by atoms with E-state index in [9.17, 15) is 13.6 Å². The van der Waals surface area contributed by atoms with Gasteiger partial charge in [-0.2, -0.15) is 8.78 Å². The number of carbonyl (C=O) groups is 1. The summed E-state index contributed by atoms with van der Waals surface area (Å²) >= 11 is 5.50. The number of aromatic nitrogens is 1. The molecule has 70 valence electrons. The molecule has 0 aliphatic rings. The molecule has 1 rings (SSSR count). The van der Waals surface area contributed by atoms with E-state index in [4.69, 9.17) is 11.6 Å². The normalized spacial score (nSPS) is 10.2. The highest BCUT2D eigenvalue weighted by molar-refractivity contribution is 6.32. The summed E-state index contributed by atoms with van der Waals surface area (Å²) in [6.45, 7) is -2.96. The van der Waals surface area contributed by atoms with Crippen molar-refractivity contribution < 1.29 is 18.3 Å². The van der Waals surface area contributed by atoms with Crippen molar-refractivity contribution >= 4 is 17.9 Å². The summed E-state index contributed by atoms with van der Waals surface area (Å²) in [6, 6.07) is 1.15. The molecule has 0 amide bonds. The van der Waals surface area contributed by atoms with Gasteiger partial charge in [0.25, 0.3) is 0 Å². The molecule has 1 aromatic heterocycles. The maximum Gasteiger partial charge on any atom is 0.387 e. The fourth-order valence-electron chi connectivity index (χ4n) is 0.680. The van der Waals surface area contributed by atoms with Gasteiger partial charge >= 0.3 is 6.61 Å². The van der Waals surface area contributed by atoms with Crippen LogP contribution in [0.15, 0.2) is 12.3 Å². The molecule has 0 spiro atoms. The molecule has 0 atom stereocenters. The minimum atomic E-state index is -2.96. The third-order valence-electron chi connectivity index (χ3n) is 1.18. The van der Waals surface area contributed by atoms with E-state index < -0.39 is 6.61 Å². The second kappa shape index (κ2) is 4.13. The summed E-state index contributed by atoms with van der Waals surface area (Å²) in [6.07, 6.45) is 1.43. The van der Waals surface area contributed by atoms with E-state index in [0.717, 1.165) is 12.3 Å². The predicted molar refractivity (Wildman–Crippen MR) is 41.3 cm³/mol. The van der Waals surface area contributed by atoms with E-state index in [0.29, 0.717) is 6.29 Å². The molecule has 0 bridgehead atoms. The zero-order chi connectivity index (χ0) is 9.84. The highest BCUT2D eigenvalue weighted by Crippen LogP contribution is 2.24. The number of hydrogen-bond donors (Lipinski definition) is 0. The van der Waals surface area contributed by atoms with Crippen molar-refractivity contribution in [3.05, 3.63) is 23.0 Å². The second-order valence-corrected chi connectivity index (χ2v) is 2.44. The van der Waals surface area contributed by atoms with Crippen LogP contribution in [0.4, 0.5) is 8.78 Å². The first-order chi connectivity index (χ1) is 6.13. The molecule has 0 aliphatic heterocycles. The summed E-state index contributed by atoms with van der Waals surface area (Å²) in [5.74, 6) is -0.248. The van der Waals surface area contributed by atoms with Crippen LogP contribution in [0.3, 0.4) is 0 Å². The van der Waals surface area contributed by atoms with Crippen LogP contribution in [-0.2, 0) is 0 Å². The topological polar surface area (TPSA) is 39.2 Å². The quantitative estimate of drug-likeness (QED) is 0.713. The van der Waals surface area contributed by atoms with Gasteiger partial charge in [-0.25, -0.2) is 4.98 Å². The van der Waals surface area contributed by atoms with E-state index in [-0.39, 0.29) is 16.5 Å². The molecule has 3 nitrogen and oxygen atoms in total. The Labute approximate surface area is 77.3 Å². The van der Waals surface area contributed by atoms with Crippen molar-refractivity contribution in [1.29, 1.82) is 0 Å². The standard InChI is InChI=1S/C7H4ClF2NO2/c8-5-1-4(3-12)11-2-6(5)13-7(9)10/h1-3,7H. The summed E-state index contributed by atoms with van der Waals surface area (Å²) < 4.78 is 27.4. The lowest BCUT2D eigenvalue weighted by molar-refractivity contribution is -0.0500. The number of hydrogen-bond acceptors (Lipinski definition) is 3. The van der Waals surface area contributed by atoms with E-state index in [1.807, 2.05) is 0 Å². The molecule has 0 fully saturated rings. The minimum Gasteiger partial charge on any atom is -0.432 e. The number of halogens is 3. The third kappa shape index (κ3) is 2.62. The lowest BCUT2D eigenvalue weighted by Gasteiger charge is -2.05. The lowest BCUT2D eigenvalue weighted by atomic mass is 10.3. The highest BCUT2D eigenvalue weighted by atomic mass is 35.5. The van der Waals surface area contributed by atoms with Gasteiger partial charge in [0.05, 0.1) is 11.2 Å². The van der Waals surface area contributed by atoms with Crippen molar-refractivity contribution in [1.82, 2.24) is 4.98 Å². The van der Waals surface area contributed by atoms with Crippen LogP contribution in [-0.4, -0.2) is 17.9 Å². The van der Waals surface area contributed by atoms with Gasteiger partial charge in [0.2, 0.25) is 0 Å². The molecule has 0 N–H and O–H groups in total. The number of carbonyl (C=O) groups excluding carboxylic acids is 1. The zero-order valence-electron chi connectivity index (χ0n) is 6.21. The van der Waals surface area contributed by atoms with Crippen LogP contribution < -0.4 is 4.74 Å². The van der Waals surface area contributed by atoms with Gasteiger partial charge in [0.1, 0.15) is 5.69 Å². The summed E-state index contributed by atoms with van der Waals surface area (Å²) in [4.78, 5) is 13.7. The fraction of sp³-hybridized carbons (Fsp3) is 0.143. The number of aldehydes is 1. The molecule has 0 saturated carbocycles. The third-order valence-corrected chi connectivity index (χ3v) is 1.47. The van der Waals surface area contributed by atoms with E-state index in [1.54, 1.807) is 0 Å². The van der Waals surface area contributed by atoms with Crippen LogP contribution >= 0.6 is 11.6 Å². The predicted octanol–water partition coefficient (Wildman–Crippen LogP) is 2.15. The number of nitrogens with zero attached hydrogens (tertiary/aromatic N) is 1. The van der Waals surface area contributed by atoms with E-state index in [1.165, 1.54) is 0 Å². The van der Waals surface area contributed by atoms with Gasteiger partial charge in [0, 0.05) is 0 Å². The second-order valence-electron chi connectivity index (χ2n) is 2.04. The Bertz CT molecular complexity index is 319. The molecule has 1 heterocycles. The monoisotopic (exact) mass is 207 g/mol. The van der Waals surface area contributed by atoms with Crippen molar-refractivity contribution in [2.75, 3.05) is 0 Å². The molecule has 6 heteroatoms. The molecule has 0 unspecified atom stereocenters. The van der Waals surface area contributed by atoms with Crippen LogP contribution in [0.1, 0.15) is 10.5 Å². The smallest absolute Gasteiger partial charge is 0.387 e. The van der Waals surface area contributed by atoms with Crippen molar-refractivity contribution in [2.45, 2.75) is 6.61 Å². The average molecular weight is 208 g/mol. The molecule has 0 aliphatic carbocycles. The first-order valence-electron chi connectivity index (χ1n) is 3.19. The average Bonchev–Trinajstić information content (AvgIpc) is 2.08. The number of ether oxygens (including phenoxy) is 1. The maximum absolute atomic E-state index is 11.7. The van der Waals surface area contributed by atoms with E-state index >= 15 is 0 Å². The largest absolute Gasteiger partial charge is 0.432 e. The summed E-state index contributed by atoms with van der Waals surface area (Å²) in [5.41, 5.74) is 0.0617. The Morgan fingerprint density at radius 2 is 2.31 bits per heavy atom. The molecule has 0 saturated heterocycles. The van der Waals surface area contributed by atoms with Gasteiger partial charge in [0.15, 0.2) is 12.0 Å². The Morgan fingerprint density at radius 1 is 1.62 bits per heavy atom. The van der Waals surface area contributed by atoms with Crippen molar-refractivity contribution in [3.8, 4) is 5.75 Å².